The number of hydrogen-bond donors (Lipinski definition) is 1. The van der Waals surface area contributed by atoms with Crippen molar-refractivity contribution in [3.05, 3.63) is 51.8 Å². The summed E-state index contributed by atoms with van der Waals surface area (Å²) in [7, 11) is 1.88. The lowest BCUT2D eigenvalue weighted by atomic mass is 10.1. The summed E-state index contributed by atoms with van der Waals surface area (Å²) in [4.78, 5) is 12.1. The van der Waals surface area contributed by atoms with Gasteiger partial charge < -0.3 is 5.32 Å². The first kappa shape index (κ1) is 13.8. The summed E-state index contributed by atoms with van der Waals surface area (Å²) >= 11 is 3.38. The SMILES string of the molecule is Cc1ccc(Br)cc1C(=O)NCCc1ccn(C)n1. The van der Waals surface area contributed by atoms with Gasteiger partial charge in [0.2, 0.25) is 0 Å². The Morgan fingerprint density at radius 2 is 2.21 bits per heavy atom. The largest absolute Gasteiger partial charge is 0.352 e. The first-order valence-corrected chi connectivity index (χ1v) is 6.88. The van der Waals surface area contributed by atoms with Gasteiger partial charge in [0.1, 0.15) is 0 Å². The van der Waals surface area contributed by atoms with Crippen LogP contribution in [0.5, 0.6) is 0 Å². The van der Waals surface area contributed by atoms with E-state index >= 15 is 0 Å². The Morgan fingerprint density at radius 1 is 1.42 bits per heavy atom. The summed E-state index contributed by atoms with van der Waals surface area (Å²) in [6.45, 7) is 2.52. The number of carbonyl (C=O) groups is 1. The fourth-order valence-corrected chi connectivity index (χ4v) is 2.20. The van der Waals surface area contributed by atoms with Crippen LogP contribution >= 0.6 is 15.9 Å². The van der Waals surface area contributed by atoms with Gasteiger partial charge in [-0.2, -0.15) is 5.10 Å². The molecule has 100 valence electrons. The summed E-state index contributed by atoms with van der Waals surface area (Å²) in [6.07, 6.45) is 2.63. The van der Waals surface area contributed by atoms with Crippen LogP contribution in [-0.4, -0.2) is 22.2 Å². The van der Waals surface area contributed by atoms with Crippen molar-refractivity contribution in [2.45, 2.75) is 13.3 Å². The van der Waals surface area contributed by atoms with E-state index in [0.717, 1.165) is 22.2 Å². The predicted molar refractivity (Wildman–Crippen MR) is 78.1 cm³/mol. The van der Waals surface area contributed by atoms with Crippen molar-refractivity contribution in [2.24, 2.45) is 7.05 Å². The lowest BCUT2D eigenvalue weighted by Crippen LogP contribution is -2.26. The second-order valence-electron chi connectivity index (χ2n) is 4.45. The second-order valence-corrected chi connectivity index (χ2v) is 5.36. The summed E-state index contributed by atoms with van der Waals surface area (Å²) in [5.41, 5.74) is 2.66. The van der Waals surface area contributed by atoms with E-state index in [1.807, 2.05) is 44.4 Å². The summed E-state index contributed by atoms with van der Waals surface area (Å²) in [6, 6.07) is 7.65. The maximum atomic E-state index is 12.1. The molecule has 0 saturated carbocycles. The van der Waals surface area contributed by atoms with Gasteiger partial charge in [-0.1, -0.05) is 22.0 Å². The maximum Gasteiger partial charge on any atom is 0.251 e. The van der Waals surface area contributed by atoms with Gasteiger partial charge in [0.05, 0.1) is 5.69 Å². The van der Waals surface area contributed by atoms with Crippen molar-refractivity contribution in [3.8, 4) is 0 Å². The number of halogens is 1. The molecule has 1 amide bonds. The van der Waals surface area contributed by atoms with Gasteiger partial charge in [-0.05, 0) is 30.7 Å². The number of hydrogen-bond acceptors (Lipinski definition) is 2. The second kappa shape index (κ2) is 6.02. The molecule has 1 aromatic heterocycles. The fourth-order valence-electron chi connectivity index (χ4n) is 1.83. The van der Waals surface area contributed by atoms with Gasteiger partial charge >= 0.3 is 0 Å². The van der Waals surface area contributed by atoms with Gasteiger partial charge in [-0.3, -0.25) is 9.48 Å². The Bertz CT molecular complexity index is 592. The van der Waals surface area contributed by atoms with Crippen LogP contribution in [0.1, 0.15) is 21.6 Å². The number of rotatable bonds is 4. The highest BCUT2D eigenvalue weighted by Gasteiger charge is 2.09. The first-order valence-electron chi connectivity index (χ1n) is 6.09. The van der Waals surface area contributed by atoms with Crippen LogP contribution in [0, 0.1) is 6.92 Å². The molecular weight excluding hydrogens is 306 g/mol. The molecule has 5 heteroatoms. The van der Waals surface area contributed by atoms with E-state index in [0.29, 0.717) is 12.1 Å². The highest BCUT2D eigenvalue weighted by atomic mass is 79.9. The lowest BCUT2D eigenvalue weighted by Gasteiger charge is -2.07. The predicted octanol–water partition coefficient (Wildman–Crippen LogP) is 2.46. The molecule has 0 spiro atoms. The Hall–Kier alpha value is -1.62. The van der Waals surface area contributed by atoms with Crippen molar-refractivity contribution < 1.29 is 4.79 Å². The molecule has 0 aliphatic heterocycles. The number of aryl methyl sites for hydroxylation is 2. The molecule has 1 aromatic carbocycles. The highest BCUT2D eigenvalue weighted by Crippen LogP contribution is 2.15. The quantitative estimate of drug-likeness (QED) is 0.940. The molecule has 0 aliphatic rings. The number of nitrogens with one attached hydrogen (secondary N) is 1. The van der Waals surface area contributed by atoms with Crippen LogP contribution in [-0.2, 0) is 13.5 Å². The topological polar surface area (TPSA) is 46.9 Å². The third-order valence-corrected chi connectivity index (χ3v) is 3.37. The molecular formula is C14H16BrN3O. The normalized spacial score (nSPS) is 10.5. The molecule has 1 N–H and O–H groups in total. The number of nitrogens with zero attached hydrogens (tertiary/aromatic N) is 2. The highest BCUT2D eigenvalue weighted by molar-refractivity contribution is 9.10. The third kappa shape index (κ3) is 3.67. The van der Waals surface area contributed by atoms with Crippen LogP contribution in [0.25, 0.3) is 0 Å². The van der Waals surface area contributed by atoms with Gasteiger partial charge in [0.15, 0.2) is 0 Å². The third-order valence-electron chi connectivity index (χ3n) is 2.88. The minimum Gasteiger partial charge on any atom is -0.352 e. The van der Waals surface area contributed by atoms with Crippen molar-refractivity contribution in [1.29, 1.82) is 0 Å². The molecule has 0 saturated heterocycles. The van der Waals surface area contributed by atoms with E-state index in [1.165, 1.54) is 0 Å². The fraction of sp³-hybridized carbons (Fsp3) is 0.286. The summed E-state index contributed by atoms with van der Waals surface area (Å²) in [5, 5.41) is 7.19. The molecule has 0 fully saturated rings. The maximum absolute atomic E-state index is 12.1. The summed E-state index contributed by atoms with van der Waals surface area (Å²) in [5.74, 6) is -0.0465. The minimum atomic E-state index is -0.0465. The average molecular weight is 322 g/mol. The molecule has 2 aromatic rings. The lowest BCUT2D eigenvalue weighted by molar-refractivity contribution is 0.0953. The number of aromatic nitrogens is 2. The van der Waals surface area contributed by atoms with E-state index < -0.39 is 0 Å². The molecule has 4 nitrogen and oxygen atoms in total. The Balaban J connectivity index is 1.92. The molecule has 0 unspecified atom stereocenters. The minimum absolute atomic E-state index is 0.0465. The van der Waals surface area contributed by atoms with Crippen LogP contribution in [0.15, 0.2) is 34.9 Å². The van der Waals surface area contributed by atoms with Crippen molar-refractivity contribution in [3.63, 3.8) is 0 Å². The molecule has 0 aliphatic carbocycles. The zero-order chi connectivity index (χ0) is 13.8. The molecule has 0 atom stereocenters. The van der Waals surface area contributed by atoms with Gasteiger partial charge in [0.25, 0.3) is 5.91 Å². The number of benzene rings is 1. The van der Waals surface area contributed by atoms with Crippen molar-refractivity contribution >= 4 is 21.8 Å². The smallest absolute Gasteiger partial charge is 0.251 e. The first-order chi connectivity index (χ1) is 9.06. The van der Waals surface area contributed by atoms with Crippen LogP contribution < -0.4 is 5.32 Å². The average Bonchev–Trinajstić information content (AvgIpc) is 2.78. The Morgan fingerprint density at radius 3 is 2.89 bits per heavy atom. The molecule has 1 heterocycles. The van der Waals surface area contributed by atoms with E-state index in [2.05, 4.69) is 26.3 Å². The molecule has 0 bridgehead atoms. The van der Waals surface area contributed by atoms with E-state index in [1.54, 1.807) is 4.68 Å². The molecule has 19 heavy (non-hydrogen) atoms. The zero-order valence-electron chi connectivity index (χ0n) is 11.0. The standard InChI is InChI=1S/C14H16BrN3O/c1-10-3-4-11(15)9-13(10)14(19)16-7-5-12-6-8-18(2)17-12/h3-4,6,8-9H,5,7H2,1-2H3,(H,16,19). The van der Waals surface area contributed by atoms with E-state index in [-0.39, 0.29) is 5.91 Å². The molecule has 0 radical (unpaired) electrons. The van der Waals surface area contributed by atoms with Crippen LogP contribution in [0.3, 0.4) is 0 Å². The van der Waals surface area contributed by atoms with Gasteiger partial charge in [0, 0.05) is 36.2 Å². The Labute approximate surface area is 120 Å². The van der Waals surface area contributed by atoms with Gasteiger partial charge in [-0.15, -0.1) is 0 Å². The summed E-state index contributed by atoms with van der Waals surface area (Å²) < 4.78 is 2.67. The number of carbonyl (C=O) groups excluding carboxylic acids is 1. The van der Waals surface area contributed by atoms with Crippen molar-refractivity contribution in [2.75, 3.05) is 6.54 Å². The van der Waals surface area contributed by atoms with Crippen LogP contribution in [0.4, 0.5) is 0 Å². The monoisotopic (exact) mass is 321 g/mol. The zero-order valence-corrected chi connectivity index (χ0v) is 12.6. The van der Waals surface area contributed by atoms with Crippen LogP contribution in [0.2, 0.25) is 0 Å². The van der Waals surface area contributed by atoms with E-state index in [9.17, 15) is 4.79 Å². The Kier molecular flexibility index (Phi) is 4.37. The number of amides is 1. The molecule has 2 rings (SSSR count). The van der Waals surface area contributed by atoms with E-state index in [4.69, 9.17) is 0 Å². The van der Waals surface area contributed by atoms with Gasteiger partial charge in [-0.25, -0.2) is 0 Å². The van der Waals surface area contributed by atoms with Crippen molar-refractivity contribution in [1.82, 2.24) is 15.1 Å².